The minimum absolute atomic E-state index is 0.605. The molecular formula is C18H19N3O2. The number of hydrogen-bond acceptors (Lipinski definition) is 4. The quantitative estimate of drug-likeness (QED) is 0.736. The van der Waals surface area contributed by atoms with E-state index in [0.717, 1.165) is 28.1 Å². The number of nitrogens with zero attached hydrogens (tertiary/aromatic N) is 3. The second-order valence-corrected chi connectivity index (χ2v) is 5.89. The third-order valence-electron chi connectivity index (χ3n) is 4.34. The van der Waals surface area contributed by atoms with Crippen LogP contribution in [0.1, 0.15) is 24.7 Å². The van der Waals surface area contributed by atoms with Crippen molar-refractivity contribution in [2.24, 2.45) is 0 Å². The summed E-state index contributed by atoms with van der Waals surface area (Å²) in [6, 6.07) is 8.47. The van der Waals surface area contributed by atoms with Crippen LogP contribution in [-0.4, -0.2) is 28.8 Å². The van der Waals surface area contributed by atoms with Gasteiger partial charge in [-0.25, -0.2) is 4.98 Å². The van der Waals surface area contributed by atoms with Crippen LogP contribution < -0.4 is 9.47 Å². The van der Waals surface area contributed by atoms with E-state index in [1.54, 1.807) is 14.2 Å². The fraction of sp³-hybridized carbons (Fsp3) is 0.333. The highest BCUT2D eigenvalue weighted by Crippen LogP contribution is 2.39. The van der Waals surface area contributed by atoms with Gasteiger partial charge in [-0.3, -0.25) is 4.98 Å². The first-order chi connectivity index (χ1) is 11.2. The van der Waals surface area contributed by atoms with Gasteiger partial charge in [-0.2, -0.15) is 0 Å². The number of pyridine rings is 1. The molecule has 4 rings (SSSR count). The van der Waals surface area contributed by atoms with Gasteiger partial charge in [0.25, 0.3) is 0 Å². The second-order valence-electron chi connectivity index (χ2n) is 5.89. The summed E-state index contributed by atoms with van der Waals surface area (Å²) in [6.45, 7) is 2.06. The van der Waals surface area contributed by atoms with E-state index < -0.39 is 0 Å². The number of ether oxygens (including phenoxy) is 2. The molecule has 2 aromatic heterocycles. The van der Waals surface area contributed by atoms with Crippen molar-refractivity contribution in [3.63, 3.8) is 0 Å². The second kappa shape index (κ2) is 5.26. The molecule has 0 N–H and O–H groups in total. The molecule has 5 heteroatoms. The standard InChI is InChI=1S/C18H19N3O2/c1-11-20-15-9-14(19-10-16(15)21(11)13-5-6-13)12-4-7-17(22-2)18(8-12)23-3/h4,7-10,13H,5-6H2,1-3H3. The Hall–Kier alpha value is -2.56. The number of benzene rings is 1. The lowest BCUT2D eigenvalue weighted by Gasteiger charge is -2.09. The molecule has 0 amide bonds. The van der Waals surface area contributed by atoms with Crippen molar-refractivity contribution >= 4 is 11.0 Å². The minimum atomic E-state index is 0.605. The SMILES string of the molecule is COc1ccc(-c2cc3nc(C)n(C4CC4)c3cn2)cc1OC. The number of rotatable bonds is 4. The molecule has 0 bridgehead atoms. The average molecular weight is 309 g/mol. The summed E-state index contributed by atoms with van der Waals surface area (Å²) in [4.78, 5) is 9.34. The molecule has 0 unspecified atom stereocenters. The molecule has 0 atom stereocenters. The van der Waals surface area contributed by atoms with Gasteiger partial charge in [0.05, 0.1) is 37.1 Å². The van der Waals surface area contributed by atoms with E-state index in [1.807, 2.05) is 30.5 Å². The van der Waals surface area contributed by atoms with Crippen molar-refractivity contribution < 1.29 is 9.47 Å². The smallest absolute Gasteiger partial charge is 0.161 e. The van der Waals surface area contributed by atoms with Crippen LogP contribution in [0.25, 0.3) is 22.3 Å². The lowest BCUT2D eigenvalue weighted by molar-refractivity contribution is 0.355. The largest absolute Gasteiger partial charge is 0.493 e. The maximum Gasteiger partial charge on any atom is 0.161 e. The van der Waals surface area contributed by atoms with Crippen LogP contribution in [-0.2, 0) is 0 Å². The highest BCUT2D eigenvalue weighted by Gasteiger charge is 2.27. The maximum atomic E-state index is 5.38. The molecule has 3 aromatic rings. The fourth-order valence-corrected chi connectivity index (χ4v) is 3.06. The van der Waals surface area contributed by atoms with Crippen LogP contribution in [0.2, 0.25) is 0 Å². The van der Waals surface area contributed by atoms with Crippen LogP contribution in [0.3, 0.4) is 0 Å². The molecule has 0 aliphatic heterocycles. The van der Waals surface area contributed by atoms with Crippen LogP contribution in [0.4, 0.5) is 0 Å². The first kappa shape index (κ1) is 14.1. The highest BCUT2D eigenvalue weighted by molar-refractivity contribution is 5.80. The Bertz CT molecular complexity index is 881. The zero-order valence-electron chi connectivity index (χ0n) is 13.5. The summed E-state index contributed by atoms with van der Waals surface area (Å²) in [5.74, 6) is 2.48. The van der Waals surface area contributed by atoms with Gasteiger partial charge in [0, 0.05) is 11.6 Å². The summed E-state index contributed by atoms with van der Waals surface area (Å²) in [5.41, 5.74) is 3.99. The van der Waals surface area contributed by atoms with Crippen LogP contribution in [0.15, 0.2) is 30.5 Å². The van der Waals surface area contributed by atoms with Gasteiger partial charge in [0.15, 0.2) is 11.5 Å². The van der Waals surface area contributed by atoms with Crippen LogP contribution in [0.5, 0.6) is 11.5 Å². The minimum Gasteiger partial charge on any atom is -0.493 e. The third-order valence-corrected chi connectivity index (χ3v) is 4.34. The molecular weight excluding hydrogens is 290 g/mol. The van der Waals surface area contributed by atoms with Gasteiger partial charge >= 0.3 is 0 Å². The molecule has 1 saturated carbocycles. The molecule has 1 fully saturated rings. The Balaban J connectivity index is 1.80. The molecule has 0 radical (unpaired) electrons. The zero-order chi connectivity index (χ0) is 16.0. The van der Waals surface area contributed by atoms with Gasteiger partial charge in [-0.05, 0) is 44.0 Å². The van der Waals surface area contributed by atoms with E-state index in [2.05, 4.69) is 16.5 Å². The number of methoxy groups -OCH3 is 2. The number of fused-ring (bicyclic) bond motifs is 1. The van der Waals surface area contributed by atoms with Gasteiger partial charge in [-0.15, -0.1) is 0 Å². The predicted octanol–water partition coefficient (Wildman–Crippen LogP) is 3.76. The van der Waals surface area contributed by atoms with Gasteiger partial charge in [-0.1, -0.05) is 0 Å². The molecule has 0 saturated heterocycles. The highest BCUT2D eigenvalue weighted by atomic mass is 16.5. The average Bonchev–Trinajstić information content (AvgIpc) is 3.35. The Morgan fingerprint density at radius 2 is 1.87 bits per heavy atom. The summed E-state index contributed by atoms with van der Waals surface area (Å²) in [6.07, 6.45) is 4.41. The molecule has 1 aliphatic rings. The summed E-state index contributed by atoms with van der Waals surface area (Å²) >= 11 is 0. The van der Waals surface area contributed by atoms with E-state index in [1.165, 1.54) is 12.8 Å². The first-order valence-electron chi connectivity index (χ1n) is 7.78. The monoisotopic (exact) mass is 309 g/mol. The van der Waals surface area contributed by atoms with Gasteiger partial charge < -0.3 is 14.0 Å². The number of imidazole rings is 1. The van der Waals surface area contributed by atoms with Crippen LogP contribution in [0, 0.1) is 6.92 Å². The lowest BCUT2D eigenvalue weighted by Crippen LogP contribution is -1.96. The molecule has 118 valence electrons. The summed E-state index contributed by atoms with van der Waals surface area (Å²) in [7, 11) is 3.27. The Morgan fingerprint density at radius 1 is 1.09 bits per heavy atom. The predicted molar refractivity (Wildman–Crippen MR) is 89.1 cm³/mol. The molecule has 1 aliphatic carbocycles. The number of aromatic nitrogens is 3. The van der Waals surface area contributed by atoms with Crippen molar-refractivity contribution in [1.29, 1.82) is 0 Å². The van der Waals surface area contributed by atoms with Crippen molar-refractivity contribution in [2.45, 2.75) is 25.8 Å². The van der Waals surface area contributed by atoms with Crippen LogP contribution >= 0.6 is 0 Å². The van der Waals surface area contributed by atoms with Crippen molar-refractivity contribution in [3.05, 3.63) is 36.3 Å². The topological polar surface area (TPSA) is 49.2 Å². The Kier molecular flexibility index (Phi) is 3.22. The van der Waals surface area contributed by atoms with Crippen molar-refractivity contribution in [2.75, 3.05) is 14.2 Å². The normalized spacial score (nSPS) is 14.2. The van der Waals surface area contributed by atoms with E-state index >= 15 is 0 Å². The van der Waals surface area contributed by atoms with E-state index in [4.69, 9.17) is 14.5 Å². The third kappa shape index (κ3) is 2.32. The molecule has 5 nitrogen and oxygen atoms in total. The molecule has 0 spiro atoms. The van der Waals surface area contributed by atoms with E-state index in [9.17, 15) is 0 Å². The van der Waals surface area contributed by atoms with Crippen molar-refractivity contribution in [1.82, 2.24) is 14.5 Å². The fourth-order valence-electron chi connectivity index (χ4n) is 3.06. The molecule has 23 heavy (non-hydrogen) atoms. The maximum absolute atomic E-state index is 5.38. The van der Waals surface area contributed by atoms with E-state index in [-0.39, 0.29) is 0 Å². The summed E-state index contributed by atoms with van der Waals surface area (Å²) < 4.78 is 13.0. The zero-order valence-corrected chi connectivity index (χ0v) is 13.5. The van der Waals surface area contributed by atoms with E-state index in [0.29, 0.717) is 17.5 Å². The first-order valence-corrected chi connectivity index (χ1v) is 7.78. The van der Waals surface area contributed by atoms with Gasteiger partial charge in [0.2, 0.25) is 0 Å². The molecule has 2 heterocycles. The Labute approximate surface area is 134 Å². The lowest BCUT2D eigenvalue weighted by atomic mass is 10.1. The summed E-state index contributed by atoms with van der Waals surface area (Å²) in [5, 5.41) is 0. The number of hydrogen-bond donors (Lipinski definition) is 0. The van der Waals surface area contributed by atoms with Gasteiger partial charge in [0.1, 0.15) is 5.82 Å². The van der Waals surface area contributed by atoms with Crippen molar-refractivity contribution in [3.8, 4) is 22.8 Å². The Morgan fingerprint density at radius 3 is 2.57 bits per heavy atom. The molecule has 1 aromatic carbocycles. The number of aryl methyl sites for hydroxylation is 1.